The van der Waals surface area contributed by atoms with Crippen LogP contribution in [-0.2, 0) is 11.2 Å². The first kappa shape index (κ1) is 21.5. The maximum Gasteiger partial charge on any atom is 0.268 e. The van der Waals surface area contributed by atoms with Crippen molar-refractivity contribution in [3.8, 4) is 5.69 Å². The fraction of sp³-hybridized carbons (Fsp3) is 0.458. The predicted molar refractivity (Wildman–Crippen MR) is 118 cm³/mol. The molecule has 4 rings (SSSR count). The van der Waals surface area contributed by atoms with Gasteiger partial charge in [-0.15, -0.1) is 0 Å². The number of carbonyl (C=O) groups excluding carboxylic acids is 2. The molecule has 2 aliphatic rings. The van der Waals surface area contributed by atoms with E-state index in [2.05, 4.69) is 10.2 Å². The Hall–Kier alpha value is -2.77. The van der Waals surface area contributed by atoms with Crippen molar-refractivity contribution >= 4 is 11.7 Å². The van der Waals surface area contributed by atoms with Crippen LogP contribution in [-0.4, -0.2) is 60.6 Å². The average molecular weight is 424 g/mol. The molecule has 1 aromatic carbocycles. The molecule has 1 amide bonds. The van der Waals surface area contributed by atoms with E-state index in [0.29, 0.717) is 42.8 Å². The smallest absolute Gasteiger partial charge is 0.268 e. The van der Waals surface area contributed by atoms with E-state index >= 15 is 0 Å². The zero-order valence-electron chi connectivity index (χ0n) is 18.0. The number of nitrogens with zero attached hydrogens (tertiary/aromatic N) is 2. The summed E-state index contributed by atoms with van der Waals surface area (Å²) in [5.41, 5.74) is 2.61. The quantitative estimate of drug-likeness (QED) is 0.720. The first-order valence-corrected chi connectivity index (χ1v) is 11.0. The lowest BCUT2D eigenvalue weighted by Crippen LogP contribution is -2.39. The predicted octanol–water partition coefficient (Wildman–Crippen LogP) is 2.12. The first-order valence-electron chi connectivity index (χ1n) is 11.0. The van der Waals surface area contributed by atoms with Gasteiger partial charge in [0.05, 0.1) is 13.2 Å². The number of aryl methyl sites for hydroxylation is 1. The van der Waals surface area contributed by atoms with Crippen molar-refractivity contribution in [3.05, 3.63) is 63.1 Å². The summed E-state index contributed by atoms with van der Waals surface area (Å²) >= 11 is 0. The van der Waals surface area contributed by atoms with Crippen molar-refractivity contribution in [2.45, 2.75) is 32.6 Å². The van der Waals surface area contributed by atoms with Crippen LogP contribution >= 0.6 is 0 Å². The number of ketones is 1. The van der Waals surface area contributed by atoms with Gasteiger partial charge >= 0.3 is 0 Å². The highest BCUT2D eigenvalue weighted by atomic mass is 16.5. The van der Waals surface area contributed by atoms with Gasteiger partial charge in [0.15, 0.2) is 5.78 Å². The minimum absolute atomic E-state index is 0.0107. The zero-order chi connectivity index (χ0) is 21.8. The Morgan fingerprint density at radius 2 is 1.84 bits per heavy atom. The highest BCUT2D eigenvalue weighted by Crippen LogP contribution is 2.23. The number of rotatable bonds is 6. The van der Waals surface area contributed by atoms with Gasteiger partial charge in [-0.1, -0.05) is 17.7 Å². The normalized spacial score (nSPS) is 16.7. The molecule has 2 heterocycles. The number of nitrogens with one attached hydrogen (secondary N) is 1. The molecule has 0 bridgehead atoms. The summed E-state index contributed by atoms with van der Waals surface area (Å²) in [6.07, 6.45) is 2.59. The molecule has 7 heteroatoms. The second-order valence-electron chi connectivity index (χ2n) is 8.23. The Balaban J connectivity index is 1.57. The fourth-order valence-electron chi connectivity index (χ4n) is 4.25. The van der Waals surface area contributed by atoms with Gasteiger partial charge in [0.2, 0.25) is 0 Å². The van der Waals surface area contributed by atoms with Gasteiger partial charge in [0, 0.05) is 43.0 Å². The molecular weight excluding hydrogens is 394 g/mol. The number of hydrogen-bond acceptors (Lipinski definition) is 5. The number of hydrogen-bond donors (Lipinski definition) is 1. The number of carbonyl (C=O) groups is 2. The zero-order valence-corrected chi connectivity index (χ0v) is 18.0. The number of Topliss-reactive ketones (excluding diaryl/α,β-unsaturated/α-hetero) is 1. The van der Waals surface area contributed by atoms with E-state index in [0.717, 1.165) is 44.8 Å². The molecule has 164 valence electrons. The summed E-state index contributed by atoms with van der Waals surface area (Å²) in [4.78, 5) is 41.1. The molecule has 0 unspecified atom stereocenters. The second kappa shape index (κ2) is 9.58. The number of benzene rings is 1. The highest BCUT2D eigenvalue weighted by molar-refractivity contribution is 6.01. The Morgan fingerprint density at radius 1 is 1.10 bits per heavy atom. The van der Waals surface area contributed by atoms with Crippen molar-refractivity contribution < 1.29 is 14.3 Å². The molecule has 2 aromatic rings. The third kappa shape index (κ3) is 4.78. The van der Waals surface area contributed by atoms with Crippen LogP contribution < -0.4 is 10.9 Å². The molecule has 31 heavy (non-hydrogen) atoms. The van der Waals surface area contributed by atoms with Gasteiger partial charge < -0.3 is 10.1 Å². The maximum absolute atomic E-state index is 13.3. The molecule has 0 saturated carbocycles. The molecule has 1 aromatic heterocycles. The lowest BCUT2D eigenvalue weighted by atomic mass is 9.92. The molecule has 0 spiro atoms. The van der Waals surface area contributed by atoms with Crippen LogP contribution in [0.4, 0.5) is 0 Å². The largest absolute Gasteiger partial charge is 0.379 e. The molecular formula is C24H29N3O4. The van der Waals surface area contributed by atoms with Crippen molar-refractivity contribution in [1.29, 1.82) is 0 Å². The van der Waals surface area contributed by atoms with E-state index in [1.165, 1.54) is 6.07 Å². The van der Waals surface area contributed by atoms with Crippen LogP contribution in [0.1, 0.15) is 51.2 Å². The monoisotopic (exact) mass is 423 g/mol. The number of morpholine rings is 1. The Labute approximate surface area is 182 Å². The SMILES string of the molecule is Cc1ccc(-n2c3c(cc(C(=O)NCCCN4CCOCC4)c2=O)C(=O)CCC3)cc1. The lowest BCUT2D eigenvalue weighted by molar-refractivity contribution is 0.0374. The van der Waals surface area contributed by atoms with Gasteiger partial charge in [-0.3, -0.25) is 23.9 Å². The third-order valence-electron chi connectivity index (χ3n) is 6.00. The van der Waals surface area contributed by atoms with Crippen molar-refractivity contribution in [2.75, 3.05) is 39.4 Å². The van der Waals surface area contributed by atoms with Crippen LogP contribution in [0, 0.1) is 6.92 Å². The van der Waals surface area contributed by atoms with Crippen LogP contribution in [0.3, 0.4) is 0 Å². The maximum atomic E-state index is 13.3. The van der Waals surface area contributed by atoms with Gasteiger partial charge in [-0.25, -0.2) is 0 Å². The molecule has 1 aliphatic heterocycles. The van der Waals surface area contributed by atoms with Crippen molar-refractivity contribution in [3.63, 3.8) is 0 Å². The number of aromatic nitrogens is 1. The summed E-state index contributed by atoms with van der Waals surface area (Å²) in [7, 11) is 0. The molecule has 1 fully saturated rings. The van der Waals surface area contributed by atoms with Crippen molar-refractivity contribution in [2.24, 2.45) is 0 Å². The lowest BCUT2D eigenvalue weighted by Gasteiger charge is -2.26. The molecule has 7 nitrogen and oxygen atoms in total. The number of amides is 1. The van der Waals surface area contributed by atoms with Crippen LogP contribution in [0.25, 0.3) is 5.69 Å². The Morgan fingerprint density at radius 3 is 2.58 bits per heavy atom. The number of fused-ring (bicyclic) bond motifs is 1. The van der Waals surface area contributed by atoms with Crippen molar-refractivity contribution in [1.82, 2.24) is 14.8 Å². The van der Waals surface area contributed by atoms with Gasteiger partial charge in [0.1, 0.15) is 5.56 Å². The summed E-state index contributed by atoms with van der Waals surface area (Å²) < 4.78 is 6.90. The second-order valence-corrected chi connectivity index (χ2v) is 8.23. The summed E-state index contributed by atoms with van der Waals surface area (Å²) in [5, 5.41) is 2.87. The Kier molecular flexibility index (Phi) is 6.63. The first-order chi connectivity index (χ1) is 15.0. The van der Waals surface area contributed by atoms with Gasteiger partial charge in [0.25, 0.3) is 11.5 Å². The van der Waals surface area contributed by atoms with Gasteiger partial charge in [-0.05, 0) is 50.9 Å². The van der Waals surface area contributed by atoms with E-state index in [4.69, 9.17) is 4.74 Å². The van der Waals surface area contributed by atoms with Crippen LogP contribution in [0.2, 0.25) is 0 Å². The fourth-order valence-corrected chi connectivity index (χ4v) is 4.25. The minimum atomic E-state index is -0.422. The molecule has 0 atom stereocenters. The summed E-state index contributed by atoms with van der Waals surface area (Å²) in [6, 6.07) is 9.08. The Bertz CT molecular complexity index is 1020. The minimum Gasteiger partial charge on any atom is -0.379 e. The number of ether oxygens (including phenoxy) is 1. The average Bonchev–Trinajstić information content (AvgIpc) is 2.78. The molecule has 1 N–H and O–H groups in total. The topological polar surface area (TPSA) is 80.6 Å². The standard InChI is InChI=1S/C24H29N3O4/c1-17-6-8-18(9-7-17)27-21-4-2-5-22(28)19(21)16-20(24(27)30)23(29)25-10-3-11-26-12-14-31-15-13-26/h6-9,16H,2-5,10-15H2,1H3,(H,25,29). The molecule has 1 saturated heterocycles. The van der Waals surface area contributed by atoms with E-state index in [-0.39, 0.29) is 16.9 Å². The highest BCUT2D eigenvalue weighted by Gasteiger charge is 2.26. The van der Waals surface area contributed by atoms with Crippen LogP contribution in [0.15, 0.2) is 35.1 Å². The summed E-state index contributed by atoms with van der Waals surface area (Å²) in [5.74, 6) is -0.433. The molecule has 0 radical (unpaired) electrons. The number of pyridine rings is 1. The van der Waals surface area contributed by atoms with E-state index in [1.54, 1.807) is 4.57 Å². The van der Waals surface area contributed by atoms with E-state index in [1.807, 2.05) is 31.2 Å². The van der Waals surface area contributed by atoms with E-state index < -0.39 is 5.91 Å². The summed E-state index contributed by atoms with van der Waals surface area (Å²) in [6.45, 7) is 6.63. The van der Waals surface area contributed by atoms with E-state index in [9.17, 15) is 14.4 Å². The van der Waals surface area contributed by atoms with Crippen LogP contribution in [0.5, 0.6) is 0 Å². The third-order valence-corrected chi connectivity index (χ3v) is 6.00. The van der Waals surface area contributed by atoms with Gasteiger partial charge in [-0.2, -0.15) is 0 Å². The molecule has 1 aliphatic carbocycles.